The van der Waals surface area contributed by atoms with Crippen molar-refractivity contribution in [3.8, 4) is 11.5 Å². The molecule has 108 valence electrons. The van der Waals surface area contributed by atoms with E-state index in [1.807, 2.05) is 36.4 Å². The van der Waals surface area contributed by atoms with Crippen molar-refractivity contribution in [3.63, 3.8) is 0 Å². The number of rotatable bonds is 3. The molecule has 0 bridgehead atoms. The quantitative estimate of drug-likeness (QED) is 0.881. The van der Waals surface area contributed by atoms with E-state index in [0.717, 1.165) is 47.0 Å². The molecule has 0 aliphatic carbocycles. The van der Waals surface area contributed by atoms with E-state index in [1.165, 1.54) is 5.56 Å². The molecule has 1 heterocycles. The SMILES string of the molecule is COc1cc2c(cc1OC)C(c1ccc(N)cc1)=NCC2. The molecule has 0 saturated heterocycles. The van der Waals surface area contributed by atoms with Crippen molar-refractivity contribution in [2.24, 2.45) is 4.99 Å². The largest absolute Gasteiger partial charge is 0.493 e. The second kappa shape index (κ2) is 5.48. The Bertz CT molecular complexity index is 691. The Morgan fingerprint density at radius 1 is 1.00 bits per heavy atom. The highest BCUT2D eigenvalue weighted by molar-refractivity contribution is 6.14. The van der Waals surface area contributed by atoms with Crippen LogP contribution in [0.1, 0.15) is 16.7 Å². The zero-order chi connectivity index (χ0) is 14.8. The summed E-state index contributed by atoms with van der Waals surface area (Å²) >= 11 is 0. The lowest BCUT2D eigenvalue weighted by molar-refractivity contribution is 0.354. The standard InChI is InChI=1S/C17H18N2O2/c1-20-15-9-12-7-8-19-17(14(12)10-16(15)21-2)11-3-5-13(18)6-4-11/h3-6,9-10H,7-8,18H2,1-2H3. The van der Waals surface area contributed by atoms with Gasteiger partial charge in [-0.05, 0) is 36.2 Å². The van der Waals surface area contributed by atoms with Crippen molar-refractivity contribution >= 4 is 11.4 Å². The van der Waals surface area contributed by atoms with E-state index < -0.39 is 0 Å². The molecule has 0 radical (unpaired) electrons. The Balaban J connectivity index is 2.11. The summed E-state index contributed by atoms with van der Waals surface area (Å²) in [4.78, 5) is 4.68. The van der Waals surface area contributed by atoms with Gasteiger partial charge < -0.3 is 15.2 Å². The Morgan fingerprint density at radius 3 is 2.33 bits per heavy atom. The number of hydrogen-bond donors (Lipinski definition) is 1. The number of hydrogen-bond acceptors (Lipinski definition) is 4. The fourth-order valence-electron chi connectivity index (χ4n) is 2.61. The van der Waals surface area contributed by atoms with Crippen molar-refractivity contribution in [1.82, 2.24) is 0 Å². The number of fused-ring (bicyclic) bond motifs is 1. The molecule has 4 heteroatoms. The van der Waals surface area contributed by atoms with Gasteiger partial charge in [-0.15, -0.1) is 0 Å². The Morgan fingerprint density at radius 2 is 1.67 bits per heavy atom. The molecule has 0 fully saturated rings. The van der Waals surface area contributed by atoms with Gasteiger partial charge in [-0.25, -0.2) is 0 Å². The van der Waals surface area contributed by atoms with Crippen LogP contribution in [0.5, 0.6) is 11.5 Å². The molecule has 2 N–H and O–H groups in total. The minimum Gasteiger partial charge on any atom is -0.493 e. The lowest BCUT2D eigenvalue weighted by Crippen LogP contribution is -2.14. The third-order valence-corrected chi connectivity index (χ3v) is 3.70. The average Bonchev–Trinajstić information content (AvgIpc) is 2.53. The van der Waals surface area contributed by atoms with Crippen LogP contribution in [0.2, 0.25) is 0 Å². The smallest absolute Gasteiger partial charge is 0.161 e. The van der Waals surface area contributed by atoms with E-state index in [0.29, 0.717) is 0 Å². The van der Waals surface area contributed by atoms with Crippen LogP contribution in [0.25, 0.3) is 0 Å². The summed E-state index contributed by atoms with van der Waals surface area (Å²) < 4.78 is 10.8. The number of nitrogens with zero attached hydrogens (tertiary/aromatic N) is 1. The van der Waals surface area contributed by atoms with E-state index >= 15 is 0 Å². The molecule has 2 aromatic rings. The zero-order valence-corrected chi connectivity index (χ0v) is 12.2. The van der Waals surface area contributed by atoms with Crippen LogP contribution in [-0.2, 0) is 6.42 Å². The number of methoxy groups -OCH3 is 2. The summed E-state index contributed by atoms with van der Waals surface area (Å²) in [5.41, 5.74) is 10.9. The van der Waals surface area contributed by atoms with Crippen LogP contribution < -0.4 is 15.2 Å². The number of nitrogens with two attached hydrogens (primary N) is 1. The summed E-state index contributed by atoms with van der Waals surface area (Å²) in [5.74, 6) is 1.48. The summed E-state index contributed by atoms with van der Waals surface area (Å²) in [6.07, 6.45) is 0.911. The predicted octanol–water partition coefficient (Wildman–Crippen LogP) is 2.68. The molecule has 0 aromatic heterocycles. The van der Waals surface area contributed by atoms with E-state index in [9.17, 15) is 0 Å². The van der Waals surface area contributed by atoms with Crippen LogP contribution in [0, 0.1) is 0 Å². The van der Waals surface area contributed by atoms with Crippen molar-refractivity contribution in [2.45, 2.75) is 6.42 Å². The third kappa shape index (κ3) is 2.44. The first-order valence-corrected chi connectivity index (χ1v) is 6.88. The molecule has 21 heavy (non-hydrogen) atoms. The molecule has 0 spiro atoms. The van der Waals surface area contributed by atoms with Crippen molar-refractivity contribution in [3.05, 3.63) is 53.1 Å². The predicted molar refractivity (Wildman–Crippen MR) is 84.6 cm³/mol. The average molecular weight is 282 g/mol. The van der Waals surface area contributed by atoms with Crippen LogP contribution in [0.3, 0.4) is 0 Å². The van der Waals surface area contributed by atoms with Gasteiger partial charge in [0.25, 0.3) is 0 Å². The maximum Gasteiger partial charge on any atom is 0.161 e. The molecular formula is C17H18N2O2. The summed E-state index contributed by atoms with van der Waals surface area (Å²) in [6, 6.07) is 11.8. The van der Waals surface area contributed by atoms with E-state index in [-0.39, 0.29) is 0 Å². The maximum absolute atomic E-state index is 5.76. The van der Waals surface area contributed by atoms with Gasteiger partial charge in [0.1, 0.15) is 0 Å². The number of anilines is 1. The van der Waals surface area contributed by atoms with Crippen LogP contribution >= 0.6 is 0 Å². The molecule has 0 amide bonds. The van der Waals surface area contributed by atoms with E-state index in [1.54, 1.807) is 14.2 Å². The zero-order valence-electron chi connectivity index (χ0n) is 12.2. The van der Waals surface area contributed by atoms with Crippen LogP contribution in [0.4, 0.5) is 5.69 Å². The first-order valence-electron chi connectivity index (χ1n) is 6.88. The summed E-state index contributed by atoms with van der Waals surface area (Å²) in [5, 5.41) is 0. The van der Waals surface area contributed by atoms with Crippen molar-refractivity contribution in [2.75, 3.05) is 26.5 Å². The molecule has 1 aliphatic rings. The molecular weight excluding hydrogens is 264 g/mol. The minimum absolute atomic E-state index is 0.723. The van der Waals surface area contributed by atoms with Gasteiger partial charge in [0.2, 0.25) is 0 Å². The second-order valence-corrected chi connectivity index (χ2v) is 4.97. The number of ether oxygens (including phenoxy) is 2. The highest BCUT2D eigenvalue weighted by Gasteiger charge is 2.19. The molecule has 0 unspecified atom stereocenters. The maximum atomic E-state index is 5.76. The lowest BCUT2D eigenvalue weighted by Gasteiger charge is -2.20. The van der Waals surface area contributed by atoms with Gasteiger partial charge in [-0.1, -0.05) is 12.1 Å². The van der Waals surface area contributed by atoms with E-state index in [4.69, 9.17) is 15.2 Å². The Kier molecular flexibility index (Phi) is 3.52. The monoisotopic (exact) mass is 282 g/mol. The summed E-state index contributed by atoms with van der Waals surface area (Å²) in [7, 11) is 3.30. The van der Waals surface area contributed by atoms with Gasteiger partial charge in [-0.3, -0.25) is 4.99 Å². The van der Waals surface area contributed by atoms with Crippen molar-refractivity contribution in [1.29, 1.82) is 0 Å². The highest BCUT2D eigenvalue weighted by atomic mass is 16.5. The van der Waals surface area contributed by atoms with E-state index in [2.05, 4.69) is 4.99 Å². The van der Waals surface area contributed by atoms with Gasteiger partial charge in [0.15, 0.2) is 11.5 Å². The molecule has 2 aromatic carbocycles. The lowest BCUT2D eigenvalue weighted by atomic mass is 9.92. The highest BCUT2D eigenvalue weighted by Crippen LogP contribution is 2.33. The van der Waals surface area contributed by atoms with Gasteiger partial charge in [0, 0.05) is 23.4 Å². The molecule has 1 aliphatic heterocycles. The van der Waals surface area contributed by atoms with Gasteiger partial charge in [0.05, 0.1) is 19.9 Å². The summed E-state index contributed by atoms with van der Waals surface area (Å²) in [6.45, 7) is 0.780. The Labute approximate surface area is 124 Å². The Hall–Kier alpha value is -2.49. The van der Waals surface area contributed by atoms with Crippen LogP contribution in [0.15, 0.2) is 41.4 Å². The molecule has 3 rings (SSSR count). The first-order chi connectivity index (χ1) is 10.2. The minimum atomic E-state index is 0.723. The molecule has 4 nitrogen and oxygen atoms in total. The normalized spacial score (nSPS) is 13.3. The van der Waals surface area contributed by atoms with Crippen molar-refractivity contribution < 1.29 is 9.47 Å². The molecule has 0 atom stereocenters. The fourth-order valence-corrected chi connectivity index (χ4v) is 2.61. The number of aliphatic imine (C=N–C) groups is 1. The van der Waals surface area contributed by atoms with Gasteiger partial charge in [-0.2, -0.15) is 0 Å². The number of benzene rings is 2. The fraction of sp³-hybridized carbons (Fsp3) is 0.235. The van der Waals surface area contributed by atoms with Gasteiger partial charge >= 0.3 is 0 Å². The first kappa shape index (κ1) is 13.5. The second-order valence-electron chi connectivity index (χ2n) is 4.97. The third-order valence-electron chi connectivity index (χ3n) is 3.70. The molecule has 0 saturated carbocycles. The number of nitrogen functional groups attached to an aromatic ring is 1. The van der Waals surface area contributed by atoms with Crippen LogP contribution in [-0.4, -0.2) is 26.5 Å². The topological polar surface area (TPSA) is 56.8 Å².